The van der Waals surface area contributed by atoms with E-state index in [2.05, 4.69) is 35.8 Å². The fourth-order valence-electron chi connectivity index (χ4n) is 6.82. The average Bonchev–Trinajstić information content (AvgIpc) is 2.77. The first kappa shape index (κ1) is 21.2. The van der Waals surface area contributed by atoms with Crippen LogP contribution in [0.4, 0.5) is 0 Å². The van der Waals surface area contributed by atoms with Crippen LogP contribution in [-0.4, -0.2) is 18.4 Å². The van der Waals surface area contributed by atoms with Crippen molar-refractivity contribution in [2.24, 2.45) is 23.2 Å². The molecule has 4 aliphatic rings. The first-order valence-corrected chi connectivity index (χ1v) is 12.2. The van der Waals surface area contributed by atoms with Crippen molar-refractivity contribution in [1.29, 1.82) is 0 Å². The second-order valence-electron chi connectivity index (χ2n) is 10.6. The highest BCUT2D eigenvalue weighted by molar-refractivity contribution is 5.94. The Bertz CT molecular complexity index is 959. The molecule has 0 unspecified atom stereocenters. The van der Waals surface area contributed by atoms with E-state index < -0.39 is 0 Å². The van der Waals surface area contributed by atoms with E-state index in [0.29, 0.717) is 18.7 Å². The van der Waals surface area contributed by atoms with E-state index in [1.54, 1.807) is 0 Å². The highest BCUT2D eigenvalue weighted by Crippen LogP contribution is 2.60. The Hall–Kier alpha value is -2.62. The van der Waals surface area contributed by atoms with Gasteiger partial charge in [0.2, 0.25) is 5.91 Å². The summed E-state index contributed by atoms with van der Waals surface area (Å²) in [5.41, 5.74) is 4.06. The molecule has 0 heterocycles. The highest BCUT2D eigenvalue weighted by atomic mass is 16.2. The molecule has 6 rings (SSSR count). The molecule has 2 aromatic rings. The number of nitrogens with one attached hydrogen (secondary N) is 2. The van der Waals surface area contributed by atoms with Crippen molar-refractivity contribution in [3.05, 3.63) is 70.8 Å². The van der Waals surface area contributed by atoms with E-state index >= 15 is 0 Å². The molecule has 4 heteroatoms. The SMILES string of the molecule is Cc1cccc(CCNC(=O)c2ccc(CNC(=O)C34CC5CC(CC(C5)C3)C4)cc2)c1. The van der Waals surface area contributed by atoms with Gasteiger partial charge in [-0.3, -0.25) is 9.59 Å². The normalized spacial score (nSPS) is 27.8. The summed E-state index contributed by atoms with van der Waals surface area (Å²) < 4.78 is 0. The molecule has 32 heavy (non-hydrogen) atoms. The smallest absolute Gasteiger partial charge is 0.251 e. The van der Waals surface area contributed by atoms with Crippen molar-refractivity contribution >= 4 is 11.8 Å². The molecule has 0 radical (unpaired) electrons. The van der Waals surface area contributed by atoms with Gasteiger partial charge in [-0.1, -0.05) is 42.0 Å². The first-order chi connectivity index (χ1) is 15.5. The van der Waals surface area contributed by atoms with Crippen molar-refractivity contribution in [3.8, 4) is 0 Å². The Morgan fingerprint density at radius 2 is 1.53 bits per heavy atom. The van der Waals surface area contributed by atoms with Gasteiger partial charge < -0.3 is 10.6 Å². The zero-order valence-corrected chi connectivity index (χ0v) is 19.0. The summed E-state index contributed by atoms with van der Waals surface area (Å²) in [5.74, 6) is 2.53. The zero-order valence-electron chi connectivity index (χ0n) is 19.0. The van der Waals surface area contributed by atoms with Gasteiger partial charge in [0.15, 0.2) is 0 Å². The van der Waals surface area contributed by atoms with Crippen molar-refractivity contribution < 1.29 is 9.59 Å². The molecule has 0 aromatic heterocycles. The molecule has 4 fully saturated rings. The number of carbonyl (C=O) groups excluding carboxylic acids is 2. The third-order valence-electron chi connectivity index (χ3n) is 7.97. The number of hydrogen-bond donors (Lipinski definition) is 2. The van der Waals surface area contributed by atoms with Gasteiger partial charge in [-0.2, -0.15) is 0 Å². The molecule has 4 saturated carbocycles. The van der Waals surface area contributed by atoms with Crippen molar-refractivity contribution in [2.45, 2.75) is 58.4 Å². The fraction of sp³-hybridized carbons (Fsp3) is 0.500. The molecule has 2 N–H and O–H groups in total. The van der Waals surface area contributed by atoms with Gasteiger partial charge in [-0.25, -0.2) is 0 Å². The second kappa shape index (κ2) is 8.73. The number of benzene rings is 2. The summed E-state index contributed by atoms with van der Waals surface area (Å²) in [7, 11) is 0. The molecular weight excluding hydrogens is 396 g/mol. The lowest BCUT2D eigenvalue weighted by Crippen LogP contribution is -2.53. The molecular formula is C28H34N2O2. The monoisotopic (exact) mass is 430 g/mol. The number of amides is 2. The quantitative estimate of drug-likeness (QED) is 0.663. The molecule has 2 aromatic carbocycles. The van der Waals surface area contributed by atoms with Crippen LogP contribution in [0.15, 0.2) is 48.5 Å². The van der Waals surface area contributed by atoms with E-state index in [9.17, 15) is 9.59 Å². The molecule has 4 bridgehead atoms. The molecule has 2 amide bonds. The Kier molecular flexibility index (Phi) is 5.79. The minimum Gasteiger partial charge on any atom is -0.352 e. The Labute approximate surface area is 191 Å². The van der Waals surface area contributed by atoms with E-state index in [1.165, 1.54) is 30.4 Å². The van der Waals surface area contributed by atoms with Crippen LogP contribution in [0.3, 0.4) is 0 Å². The minimum atomic E-state index is -0.105. The predicted octanol–water partition coefficient (Wildman–Crippen LogP) is 4.80. The molecule has 0 spiro atoms. The van der Waals surface area contributed by atoms with Crippen LogP contribution in [0, 0.1) is 30.1 Å². The summed E-state index contributed by atoms with van der Waals surface area (Å²) in [6.07, 6.45) is 8.14. The topological polar surface area (TPSA) is 58.2 Å². The lowest BCUT2D eigenvalue weighted by molar-refractivity contribution is -0.146. The van der Waals surface area contributed by atoms with Crippen LogP contribution in [-0.2, 0) is 17.8 Å². The number of rotatable bonds is 7. The maximum atomic E-state index is 13.1. The number of carbonyl (C=O) groups is 2. The van der Waals surface area contributed by atoms with Crippen LogP contribution < -0.4 is 10.6 Å². The van der Waals surface area contributed by atoms with Gasteiger partial charge >= 0.3 is 0 Å². The summed E-state index contributed by atoms with van der Waals surface area (Å²) in [6, 6.07) is 16.0. The molecule has 0 aliphatic heterocycles. The van der Waals surface area contributed by atoms with Crippen LogP contribution in [0.1, 0.15) is 65.6 Å². The minimum absolute atomic E-state index is 0.0539. The highest BCUT2D eigenvalue weighted by Gasteiger charge is 2.54. The van der Waals surface area contributed by atoms with Crippen LogP contribution in [0.5, 0.6) is 0 Å². The summed E-state index contributed by atoms with van der Waals surface area (Å²) in [6.45, 7) is 3.23. The maximum absolute atomic E-state index is 13.1. The van der Waals surface area contributed by atoms with Crippen LogP contribution in [0.2, 0.25) is 0 Å². The van der Waals surface area contributed by atoms with Crippen LogP contribution >= 0.6 is 0 Å². The van der Waals surface area contributed by atoms with Gasteiger partial charge in [0.1, 0.15) is 0 Å². The number of hydrogen-bond acceptors (Lipinski definition) is 2. The summed E-state index contributed by atoms with van der Waals surface area (Å²) >= 11 is 0. The average molecular weight is 431 g/mol. The summed E-state index contributed by atoms with van der Waals surface area (Å²) in [4.78, 5) is 25.6. The maximum Gasteiger partial charge on any atom is 0.251 e. The molecule has 0 saturated heterocycles. The fourth-order valence-corrected chi connectivity index (χ4v) is 6.82. The van der Waals surface area contributed by atoms with Crippen molar-refractivity contribution in [2.75, 3.05) is 6.54 Å². The van der Waals surface area contributed by atoms with E-state index in [1.807, 2.05) is 30.3 Å². The standard InChI is InChI=1S/C28H34N2O2/c1-19-3-2-4-20(11-19)9-10-29-26(31)25-7-5-21(6-8-25)18-30-27(32)28-15-22-12-23(16-28)14-24(13-22)17-28/h2-8,11,22-24H,9-10,12-18H2,1H3,(H,29,31)(H,30,32). The van der Waals surface area contributed by atoms with E-state index in [-0.39, 0.29) is 17.2 Å². The van der Waals surface area contributed by atoms with Gasteiger partial charge in [-0.05, 0) is 92.9 Å². The van der Waals surface area contributed by atoms with Crippen molar-refractivity contribution in [3.63, 3.8) is 0 Å². The van der Waals surface area contributed by atoms with Gasteiger partial charge in [0.05, 0.1) is 0 Å². The Balaban J connectivity index is 1.11. The third kappa shape index (κ3) is 4.46. The predicted molar refractivity (Wildman–Crippen MR) is 126 cm³/mol. The van der Waals surface area contributed by atoms with Gasteiger partial charge in [0, 0.05) is 24.1 Å². The van der Waals surface area contributed by atoms with Gasteiger partial charge in [-0.15, -0.1) is 0 Å². The molecule has 168 valence electrons. The first-order valence-electron chi connectivity index (χ1n) is 12.2. The molecule has 4 aliphatic carbocycles. The third-order valence-corrected chi connectivity index (χ3v) is 7.97. The van der Waals surface area contributed by atoms with E-state index in [0.717, 1.165) is 49.0 Å². The Morgan fingerprint density at radius 1 is 0.875 bits per heavy atom. The van der Waals surface area contributed by atoms with Crippen molar-refractivity contribution in [1.82, 2.24) is 10.6 Å². The Morgan fingerprint density at radius 3 is 2.16 bits per heavy atom. The van der Waals surface area contributed by atoms with E-state index in [4.69, 9.17) is 0 Å². The summed E-state index contributed by atoms with van der Waals surface area (Å²) in [5, 5.41) is 6.22. The second-order valence-corrected chi connectivity index (χ2v) is 10.6. The lowest BCUT2D eigenvalue weighted by atomic mass is 9.49. The largest absolute Gasteiger partial charge is 0.352 e. The molecule has 0 atom stereocenters. The molecule has 4 nitrogen and oxygen atoms in total. The zero-order chi connectivity index (χ0) is 22.1. The van der Waals surface area contributed by atoms with Gasteiger partial charge in [0.25, 0.3) is 5.91 Å². The van der Waals surface area contributed by atoms with Crippen LogP contribution in [0.25, 0.3) is 0 Å². The lowest BCUT2D eigenvalue weighted by Gasteiger charge is -2.55. The number of aryl methyl sites for hydroxylation is 1.